The fourth-order valence-electron chi connectivity index (χ4n) is 3.32. The summed E-state index contributed by atoms with van der Waals surface area (Å²) in [6.07, 6.45) is 3.82. The second-order valence-corrected chi connectivity index (χ2v) is 7.78. The van der Waals surface area contributed by atoms with Crippen LogP contribution in [0.4, 0.5) is 4.39 Å². The number of aryl methyl sites for hydroxylation is 1. The van der Waals surface area contributed by atoms with Gasteiger partial charge in [-0.05, 0) is 37.1 Å². The van der Waals surface area contributed by atoms with Crippen LogP contribution in [0.25, 0.3) is 11.1 Å². The highest BCUT2D eigenvalue weighted by molar-refractivity contribution is 5.76. The van der Waals surface area contributed by atoms with Gasteiger partial charge in [0.25, 0.3) is 5.56 Å². The van der Waals surface area contributed by atoms with Crippen molar-refractivity contribution >= 4 is 5.97 Å². The number of carboxylic acids is 1. The molecule has 4 rings (SSSR count). The van der Waals surface area contributed by atoms with Crippen LogP contribution in [0.1, 0.15) is 30.2 Å². The Hall–Kier alpha value is -3.82. The van der Waals surface area contributed by atoms with E-state index in [9.17, 15) is 18.8 Å². The van der Waals surface area contributed by atoms with E-state index in [2.05, 4.69) is 4.98 Å². The van der Waals surface area contributed by atoms with E-state index in [-0.39, 0.29) is 6.61 Å². The SMILES string of the molecule is CC(C(=O)O)c1ccc(-c2ccccc2)c(F)c1.Cc1cn([C@H]2C=C[C@@H](CO)O2)c(=O)[nH]c1=O. The van der Waals surface area contributed by atoms with Crippen LogP contribution in [0, 0.1) is 12.7 Å². The summed E-state index contributed by atoms with van der Waals surface area (Å²) >= 11 is 0. The number of rotatable bonds is 5. The molecule has 3 aromatic rings. The number of nitrogens with zero attached hydrogens (tertiary/aromatic N) is 1. The van der Waals surface area contributed by atoms with Crippen molar-refractivity contribution in [2.45, 2.75) is 32.1 Å². The van der Waals surface area contributed by atoms with Gasteiger partial charge in [-0.25, -0.2) is 9.18 Å². The van der Waals surface area contributed by atoms with Gasteiger partial charge in [-0.1, -0.05) is 48.5 Å². The number of aliphatic hydroxyl groups is 1. The van der Waals surface area contributed by atoms with Crippen molar-refractivity contribution in [2.75, 3.05) is 6.61 Å². The molecule has 8 nitrogen and oxygen atoms in total. The van der Waals surface area contributed by atoms with E-state index in [1.807, 2.05) is 30.3 Å². The van der Waals surface area contributed by atoms with Gasteiger partial charge in [0, 0.05) is 17.3 Å². The number of carbonyl (C=O) groups is 1. The number of ether oxygens (including phenoxy) is 1. The van der Waals surface area contributed by atoms with Gasteiger partial charge in [0.15, 0.2) is 6.23 Å². The molecule has 0 saturated carbocycles. The first-order valence-electron chi connectivity index (χ1n) is 10.6. The molecule has 0 radical (unpaired) electrons. The number of hydrogen-bond donors (Lipinski definition) is 3. The van der Waals surface area contributed by atoms with Crippen LogP contribution in [0.15, 0.2) is 76.5 Å². The summed E-state index contributed by atoms with van der Waals surface area (Å²) < 4.78 is 20.6. The Kier molecular flexibility index (Phi) is 7.93. The summed E-state index contributed by atoms with van der Waals surface area (Å²) in [6.45, 7) is 3.01. The minimum atomic E-state index is -0.957. The fourth-order valence-corrected chi connectivity index (χ4v) is 3.32. The highest BCUT2D eigenvalue weighted by Gasteiger charge is 2.21. The number of H-pyrrole nitrogens is 1. The van der Waals surface area contributed by atoms with Crippen molar-refractivity contribution in [1.29, 1.82) is 0 Å². The zero-order valence-corrected chi connectivity index (χ0v) is 18.6. The molecule has 0 fully saturated rings. The molecule has 0 spiro atoms. The number of hydrogen-bond acceptors (Lipinski definition) is 5. The molecule has 0 saturated heterocycles. The molecule has 3 atom stereocenters. The molecule has 2 heterocycles. The van der Waals surface area contributed by atoms with E-state index >= 15 is 0 Å². The number of aromatic nitrogens is 2. The van der Waals surface area contributed by atoms with E-state index in [4.69, 9.17) is 14.9 Å². The van der Waals surface area contributed by atoms with Crippen molar-refractivity contribution in [3.8, 4) is 11.1 Å². The smallest absolute Gasteiger partial charge is 0.330 e. The maximum atomic E-state index is 14.0. The van der Waals surface area contributed by atoms with Crippen LogP contribution in [0.3, 0.4) is 0 Å². The third-order valence-electron chi connectivity index (χ3n) is 5.35. The molecule has 3 N–H and O–H groups in total. The van der Waals surface area contributed by atoms with Gasteiger partial charge in [-0.3, -0.25) is 19.1 Å². The minimum Gasteiger partial charge on any atom is -0.481 e. The van der Waals surface area contributed by atoms with E-state index < -0.39 is 41.3 Å². The number of aliphatic hydroxyl groups excluding tert-OH is 1. The Morgan fingerprint density at radius 1 is 1.18 bits per heavy atom. The van der Waals surface area contributed by atoms with E-state index in [0.29, 0.717) is 16.7 Å². The molecule has 178 valence electrons. The fraction of sp³-hybridized carbons (Fsp3) is 0.240. The number of halogens is 1. The van der Waals surface area contributed by atoms with Crippen molar-refractivity contribution in [3.63, 3.8) is 0 Å². The molecule has 1 aromatic heterocycles. The number of nitrogens with one attached hydrogen (secondary N) is 1. The topological polar surface area (TPSA) is 122 Å². The van der Waals surface area contributed by atoms with Crippen molar-refractivity contribution in [2.24, 2.45) is 0 Å². The molecule has 2 aromatic carbocycles. The van der Waals surface area contributed by atoms with Gasteiger partial charge in [-0.15, -0.1) is 0 Å². The van der Waals surface area contributed by atoms with Crippen LogP contribution < -0.4 is 11.2 Å². The van der Waals surface area contributed by atoms with Crippen LogP contribution >= 0.6 is 0 Å². The predicted octanol–water partition coefficient (Wildman–Crippen LogP) is 2.97. The number of benzene rings is 2. The minimum absolute atomic E-state index is 0.135. The molecule has 0 amide bonds. The molecule has 1 unspecified atom stereocenters. The summed E-state index contributed by atoms with van der Waals surface area (Å²) in [7, 11) is 0. The summed E-state index contributed by atoms with van der Waals surface area (Å²) in [6, 6.07) is 13.7. The van der Waals surface area contributed by atoms with E-state index in [0.717, 1.165) is 5.56 Å². The van der Waals surface area contributed by atoms with Gasteiger partial charge >= 0.3 is 11.7 Å². The third kappa shape index (κ3) is 5.75. The first-order valence-corrected chi connectivity index (χ1v) is 10.6. The highest BCUT2D eigenvalue weighted by atomic mass is 19.1. The monoisotopic (exact) mass is 468 g/mol. The van der Waals surface area contributed by atoms with E-state index in [1.165, 1.54) is 16.8 Å². The lowest BCUT2D eigenvalue weighted by molar-refractivity contribution is -0.138. The average molecular weight is 468 g/mol. The lowest BCUT2D eigenvalue weighted by atomic mass is 9.97. The molecular formula is C25H25FN2O6. The zero-order valence-electron chi connectivity index (χ0n) is 18.6. The van der Waals surface area contributed by atoms with Crippen LogP contribution in [-0.4, -0.2) is 38.4 Å². The third-order valence-corrected chi connectivity index (χ3v) is 5.35. The lowest BCUT2D eigenvalue weighted by Crippen LogP contribution is -2.33. The normalized spacial score (nSPS) is 17.6. The molecule has 0 bridgehead atoms. The van der Waals surface area contributed by atoms with Gasteiger partial charge in [0.2, 0.25) is 0 Å². The van der Waals surface area contributed by atoms with Crippen molar-refractivity contribution in [1.82, 2.24) is 9.55 Å². The Balaban J connectivity index is 0.000000192. The van der Waals surface area contributed by atoms with Gasteiger partial charge in [0.1, 0.15) is 11.9 Å². The highest BCUT2D eigenvalue weighted by Crippen LogP contribution is 2.26. The first kappa shape index (κ1) is 24.8. The van der Waals surface area contributed by atoms with Crippen LogP contribution in [0.5, 0.6) is 0 Å². The summed E-state index contributed by atoms with van der Waals surface area (Å²) in [5.74, 6) is -2.06. The van der Waals surface area contributed by atoms with Crippen molar-refractivity contribution in [3.05, 3.63) is 105 Å². The van der Waals surface area contributed by atoms with Crippen molar-refractivity contribution < 1.29 is 24.1 Å². The largest absolute Gasteiger partial charge is 0.481 e. The second kappa shape index (κ2) is 10.9. The number of aromatic amines is 1. The standard InChI is InChI=1S/C15H13FO2.C10H12N2O4/c1-10(15(17)18)12-7-8-13(14(16)9-12)11-5-3-2-4-6-11;1-6-4-12(10(15)11-9(6)14)8-3-2-7(5-13)16-8/h2-10H,1H3,(H,17,18);2-4,7-8,13H,5H2,1H3,(H,11,14,15)/t;7-,8+/m.0/s1. The summed E-state index contributed by atoms with van der Waals surface area (Å²) in [5, 5.41) is 17.8. The van der Waals surface area contributed by atoms with Gasteiger partial charge < -0.3 is 14.9 Å². The zero-order chi connectivity index (χ0) is 24.8. The maximum Gasteiger partial charge on any atom is 0.330 e. The number of carboxylic acid groups (broad SMARTS) is 1. The van der Waals surface area contributed by atoms with Crippen LogP contribution in [0.2, 0.25) is 0 Å². The Labute approximate surface area is 194 Å². The summed E-state index contributed by atoms with van der Waals surface area (Å²) in [4.78, 5) is 35.7. The molecule has 9 heteroatoms. The molecule has 0 aliphatic carbocycles. The van der Waals surface area contributed by atoms with Gasteiger partial charge in [0.05, 0.1) is 12.5 Å². The average Bonchev–Trinajstić information content (AvgIpc) is 3.31. The van der Waals surface area contributed by atoms with E-state index in [1.54, 1.807) is 38.1 Å². The van der Waals surface area contributed by atoms with Crippen LogP contribution in [-0.2, 0) is 9.53 Å². The number of aliphatic carboxylic acids is 1. The summed E-state index contributed by atoms with van der Waals surface area (Å²) in [5.41, 5.74) is 1.25. The molecule has 1 aliphatic heterocycles. The predicted molar refractivity (Wildman–Crippen MR) is 124 cm³/mol. The second-order valence-electron chi connectivity index (χ2n) is 7.78. The molecular weight excluding hydrogens is 443 g/mol. The Morgan fingerprint density at radius 3 is 2.47 bits per heavy atom. The van der Waals surface area contributed by atoms with Gasteiger partial charge in [-0.2, -0.15) is 0 Å². The maximum absolute atomic E-state index is 14.0. The first-order chi connectivity index (χ1) is 16.2. The molecule has 34 heavy (non-hydrogen) atoms. The lowest BCUT2D eigenvalue weighted by Gasteiger charge is -2.14. The Morgan fingerprint density at radius 2 is 1.88 bits per heavy atom. The molecule has 1 aliphatic rings. The Bertz CT molecular complexity index is 1300. The quantitative estimate of drug-likeness (QED) is 0.495.